The number of carbonyl (C=O) groups excluding carboxylic acids is 1. The van der Waals surface area contributed by atoms with E-state index in [1.165, 1.54) is 44.1 Å². The van der Waals surface area contributed by atoms with E-state index in [1.54, 1.807) is 48.7 Å². The van der Waals surface area contributed by atoms with Crippen molar-refractivity contribution in [2.24, 2.45) is 5.92 Å². The Morgan fingerprint density at radius 2 is 1.67 bits per heavy atom. The SMILES string of the molecule is O=C(c1ccc(NS(=O)(=O)c2cccc3cccnc23)cc1)N1CCCN(Cc2cccc(OCCCCC3CCCC3)c2)CC1. The highest BCUT2D eigenvalue weighted by Gasteiger charge is 2.22. The van der Waals surface area contributed by atoms with Crippen LogP contribution in [0.2, 0.25) is 0 Å². The van der Waals surface area contributed by atoms with Crippen LogP contribution in [-0.2, 0) is 16.6 Å². The summed E-state index contributed by atoms with van der Waals surface area (Å²) >= 11 is 0. The van der Waals surface area contributed by atoms with Crippen LogP contribution in [0.1, 0.15) is 67.3 Å². The van der Waals surface area contributed by atoms with Crippen molar-refractivity contribution in [3.8, 4) is 5.75 Å². The van der Waals surface area contributed by atoms with Crippen LogP contribution in [0.3, 0.4) is 0 Å². The van der Waals surface area contributed by atoms with Gasteiger partial charge in [-0.05, 0) is 79.3 Å². The number of fused-ring (bicyclic) bond motifs is 1. The number of ether oxygens (including phenoxy) is 1. The third kappa shape index (κ3) is 8.25. The molecule has 9 heteroatoms. The van der Waals surface area contributed by atoms with Crippen LogP contribution in [0.4, 0.5) is 5.69 Å². The van der Waals surface area contributed by atoms with Gasteiger partial charge in [-0.1, -0.05) is 62.4 Å². The number of sulfonamides is 1. The van der Waals surface area contributed by atoms with Gasteiger partial charge < -0.3 is 9.64 Å². The van der Waals surface area contributed by atoms with Crippen LogP contribution in [0, 0.1) is 5.92 Å². The Kier molecular flexibility index (Phi) is 10.5. The zero-order chi connectivity index (χ0) is 31.8. The van der Waals surface area contributed by atoms with E-state index in [0.717, 1.165) is 56.1 Å². The number of anilines is 1. The van der Waals surface area contributed by atoms with Gasteiger partial charge in [-0.2, -0.15) is 0 Å². The maximum Gasteiger partial charge on any atom is 0.264 e. The van der Waals surface area contributed by atoms with Crippen molar-refractivity contribution < 1.29 is 17.9 Å². The molecule has 4 aromatic rings. The van der Waals surface area contributed by atoms with E-state index in [2.05, 4.69) is 32.8 Å². The molecule has 1 amide bonds. The minimum absolute atomic E-state index is 0.0437. The zero-order valence-corrected chi connectivity index (χ0v) is 27.3. The average molecular weight is 641 g/mol. The lowest BCUT2D eigenvalue weighted by atomic mass is 10.0. The first-order valence-electron chi connectivity index (χ1n) is 16.6. The van der Waals surface area contributed by atoms with Gasteiger partial charge in [-0.3, -0.25) is 19.4 Å². The summed E-state index contributed by atoms with van der Waals surface area (Å²) in [7, 11) is -3.86. The number of nitrogens with one attached hydrogen (secondary N) is 1. The molecule has 8 nitrogen and oxygen atoms in total. The molecular weight excluding hydrogens is 596 g/mol. The summed E-state index contributed by atoms with van der Waals surface area (Å²) in [5.41, 5.74) is 2.57. The second-order valence-electron chi connectivity index (χ2n) is 12.6. The molecule has 2 fully saturated rings. The zero-order valence-electron chi connectivity index (χ0n) is 26.4. The van der Waals surface area contributed by atoms with Gasteiger partial charge in [0.1, 0.15) is 10.6 Å². The van der Waals surface area contributed by atoms with Gasteiger partial charge >= 0.3 is 0 Å². The van der Waals surface area contributed by atoms with Crippen molar-refractivity contribution >= 4 is 32.5 Å². The first-order valence-corrected chi connectivity index (χ1v) is 18.1. The van der Waals surface area contributed by atoms with E-state index >= 15 is 0 Å². The van der Waals surface area contributed by atoms with E-state index in [9.17, 15) is 13.2 Å². The molecule has 1 N–H and O–H groups in total. The molecule has 2 heterocycles. The monoisotopic (exact) mass is 640 g/mol. The fourth-order valence-corrected chi connectivity index (χ4v) is 7.95. The van der Waals surface area contributed by atoms with Crippen LogP contribution in [0.25, 0.3) is 10.9 Å². The van der Waals surface area contributed by atoms with Crippen LogP contribution in [0.15, 0.2) is 90.0 Å². The highest BCUT2D eigenvalue weighted by atomic mass is 32.2. The van der Waals surface area contributed by atoms with Crippen molar-refractivity contribution in [3.63, 3.8) is 0 Å². The highest BCUT2D eigenvalue weighted by Crippen LogP contribution is 2.29. The minimum Gasteiger partial charge on any atom is -0.494 e. The van der Waals surface area contributed by atoms with Gasteiger partial charge in [0.2, 0.25) is 0 Å². The molecule has 2 aliphatic rings. The summed E-state index contributed by atoms with van der Waals surface area (Å²) in [4.78, 5) is 22.1. The standard InChI is InChI=1S/C37H44N4O4S/c42-37(32-17-19-33(20-18-32)39-46(43,44)35-16-6-13-31-14-7-21-38-36(31)35)41-23-8-22-40(24-25-41)28-30-12-5-15-34(27-30)45-26-4-3-11-29-9-1-2-10-29/h5-7,12-21,27,29,39H,1-4,8-11,22-26,28H2. The average Bonchev–Trinajstić information content (AvgIpc) is 3.49. The number of hydrogen-bond donors (Lipinski definition) is 1. The number of benzene rings is 3. The fourth-order valence-electron chi connectivity index (χ4n) is 6.71. The second-order valence-corrected chi connectivity index (χ2v) is 14.2. The number of carbonyl (C=O) groups is 1. The number of pyridine rings is 1. The number of unbranched alkanes of at least 4 members (excludes halogenated alkanes) is 1. The third-order valence-electron chi connectivity index (χ3n) is 9.20. The van der Waals surface area contributed by atoms with E-state index in [-0.39, 0.29) is 10.8 Å². The topological polar surface area (TPSA) is 91.8 Å². The summed E-state index contributed by atoms with van der Waals surface area (Å²) in [5.74, 6) is 1.83. The van der Waals surface area contributed by atoms with Crippen LogP contribution in [0.5, 0.6) is 5.75 Å². The summed E-state index contributed by atoms with van der Waals surface area (Å²) < 4.78 is 35.1. The molecule has 1 aliphatic carbocycles. The minimum atomic E-state index is -3.86. The normalized spacial score (nSPS) is 16.4. The van der Waals surface area contributed by atoms with Crippen molar-refractivity contribution in [2.45, 2.75) is 62.8 Å². The van der Waals surface area contributed by atoms with Crippen molar-refractivity contribution in [1.29, 1.82) is 0 Å². The molecule has 3 aromatic carbocycles. The number of para-hydroxylation sites is 1. The Bertz CT molecular complexity index is 1720. The molecule has 0 unspecified atom stereocenters. The number of nitrogens with zero attached hydrogens (tertiary/aromatic N) is 3. The van der Waals surface area contributed by atoms with Crippen LogP contribution < -0.4 is 9.46 Å². The number of hydrogen-bond acceptors (Lipinski definition) is 6. The van der Waals surface area contributed by atoms with Crippen molar-refractivity contribution in [2.75, 3.05) is 37.5 Å². The second kappa shape index (κ2) is 15.1. The lowest BCUT2D eigenvalue weighted by Crippen LogP contribution is -2.35. The summed E-state index contributed by atoms with van der Waals surface area (Å²) in [6.45, 7) is 4.61. The summed E-state index contributed by atoms with van der Waals surface area (Å²) in [6.07, 6.45) is 11.8. The largest absolute Gasteiger partial charge is 0.494 e. The molecule has 0 bridgehead atoms. The predicted molar refractivity (Wildman–Crippen MR) is 183 cm³/mol. The number of amides is 1. The Labute approximate surface area is 272 Å². The van der Waals surface area contributed by atoms with Crippen LogP contribution in [-0.4, -0.2) is 61.9 Å². The fraction of sp³-hybridized carbons (Fsp3) is 0.405. The summed E-state index contributed by atoms with van der Waals surface area (Å²) in [6, 6.07) is 23.7. The molecule has 1 aromatic heterocycles. The van der Waals surface area contributed by atoms with Crippen molar-refractivity contribution in [1.82, 2.24) is 14.8 Å². The van der Waals surface area contributed by atoms with E-state index in [0.29, 0.717) is 29.9 Å². The van der Waals surface area contributed by atoms with Gasteiger partial charge in [0.25, 0.3) is 15.9 Å². The molecule has 6 rings (SSSR count). The van der Waals surface area contributed by atoms with E-state index in [4.69, 9.17) is 4.74 Å². The maximum absolute atomic E-state index is 13.4. The highest BCUT2D eigenvalue weighted by molar-refractivity contribution is 7.93. The summed E-state index contributed by atoms with van der Waals surface area (Å²) in [5, 5.41) is 0.750. The first-order chi connectivity index (χ1) is 22.4. The molecule has 0 radical (unpaired) electrons. The van der Waals surface area contributed by atoms with Crippen LogP contribution >= 0.6 is 0 Å². The van der Waals surface area contributed by atoms with Gasteiger partial charge in [0.05, 0.1) is 12.1 Å². The lowest BCUT2D eigenvalue weighted by molar-refractivity contribution is 0.0761. The van der Waals surface area contributed by atoms with Gasteiger partial charge in [-0.15, -0.1) is 0 Å². The predicted octanol–water partition coefficient (Wildman–Crippen LogP) is 7.12. The molecule has 0 atom stereocenters. The Morgan fingerprint density at radius 3 is 2.52 bits per heavy atom. The Hall–Kier alpha value is -3.95. The van der Waals surface area contributed by atoms with Gasteiger partial charge in [0, 0.05) is 55.6 Å². The third-order valence-corrected chi connectivity index (χ3v) is 10.6. The molecule has 242 valence electrons. The Morgan fingerprint density at radius 1 is 0.870 bits per heavy atom. The van der Waals surface area contributed by atoms with Crippen molar-refractivity contribution in [3.05, 3.63) is 96.2 Å². The number of aromatic nitrogens is 1. The number of rotatable bonds is 12. The lowest BCUT2D eigenvalue weighted by Gasteiger charge is -2.22. The quantitative estimate of drug-likeness (QED) is 0.166. The van der Waals surface area contributed by atoms with E-state index < -0.39 is 10.0 Å². The molecule has 1 saturated heterocycles. The van der Waals surface area contributed by atoms with E-state index in [1.807, 2.05) is 23.1 Å². The molecule has 0 spiro atoms. The Balaban J connectivity index is 0.985. The van der Waals surface area contributed by atoms with Gasteiger partial charge in [-0.25, -0.2) is 8.42 Å². The smallest absolute Gasteiger partial charge is 0.264 e. The molecule has 1 aliphatic heterocycles. The molecule has 46 heavy (non-hydrogen) atoms. The first kappa shape index (κ1) is 32.0. The maximum atomic E-state index is 13.4. The molecule has 1 saturated carbocycles. The van der Waals surface area contributed by atoms with Gasteiger partial charge in [0.15, 0.2) is 0 Å². The molecular formula is C37H44N4O4S.